The highest BCUT2D eigenvalue weighted by molar-refractivity contribution is 5.49. The fourth-order valence-electron chi connectivity index (χ4n) is 2.79. The van der Waals surface area contributed by atoms with Gasteiger partial charge in [-0.3, -0.25) is 0 Å². The maximum atomic E-state index is 13.7. The summed E-state index contributed by atoms with van der Waals surface area (Å²) >= 11 is 0. The zero-order valence-corrected chi connectivity index (χ0v) is 11.7. The first-order valence-electron chi connectivity index (χ1n) is 6.74. The molecule has 0 bridgehead atoms. The van der Waals surface area contributed by atoms with E-state index in [2.05, 4.69) is 5.32 Å². The number of aryl methyl sites for hydroxylation is 1. The molecule has 1 unspecified atom stereocenters. The predicted molar refractivity (Wildman–Crippen MR) is 71.9 cm³/mol. The largest absolute Gasteiger partial charge is 0.496 e. The number of hydrogen-bond acceptors (Lipinski definition) is 2. The lowest BCUT2D eigenvalue weighted by molar-refractivity contribution is 0.0148. The molecule has 1 saturated heterocycles. The van der Waals surface area contributed by atoms with E-state index in [1.54, 1.807) is 6.07 Å². The fraction of sp³-hybridized carbons (Fsp3) is 0.600. The molecule has 2 nitrogen and oxygen atoms in total. The second kappa shape index (κ2) is 5.45. The van der Waals surface area contributed by atoms with Crippen molar-refractivity contribution in [3.05, 3.63) is 28.8 Å². The maximum absolute atomic E-state index is 13.7. The molecular formula is C15H21F2NO. The number of alkyl halides is 2. The summed E-state index contributed by atoms with van der Waals surface area (Å²) in [5.41, 5.74) is 1.87. The number of rotatable bonds is 3. The highest BCUT2D eigenvalue weighted by Gasteiger charge is 2.32. The van der Waals surface area contributed by atoms with Crippen LogP contribution in [0.4, 0.5) is 8.78 Å². The van der Waals surface area contributed by atoms with Gasteiger partial charge in [0.05, 0.1) is 12.7 Å². The molecule has 1 aromatic rings. The van der Waals surface area contributed by atoms with Gasteiger partial charge in [0.25, 0.3) is 5.92 Å². The lowest BCUT2D eigenvalue weighted by Crippen LogP contribution is -2.28. The Morgan fingerprint density at radius 2 is 2.05 bits per heavy atom. The molecule has 1 heterocycles. The number of benzene rings is 1. The summed E-state index contributed by atoms with van der Waals surface area (Å²) < 4.78 is 32.7. The summed E-state index contributed by atoms with van der Waals surface area (Å²) in [5.74, 6) is -2.55. The van der Waals surface area contributed by atoms with Crippen LogP contribution in [0.1, 0.15) is 48.9 Å². The summed E-state index contributed by atoms with van der Waals surface area (Å²) in [6, 6.07) is 3.35. The van der Waals surface area contributed by atoms with Gasteiger partial charge in [0.1, 0.15) is 5.75 Å². The van der Waals surface area contributed by atoms with Crippen LogP contribution < -0.4 is 10.1 Å². The minimum Gasteiger partial charge on any atom is -0.496 e. The van der Waals surface area contributed by atoms with Crippen molar-refractivity contribution in [2.24, 2.45) is 0 Å². The van der Waals surface area contributed by atoms with Crippen molar-refractivity contribution in [1.82, 2.24) is 5.32 Å². The van der Waals surface area contributed by atoms with Gasteiger partial charge in [-0.25, -0.2) is 8.78 Å². The lowest BCUT2D eigenvalue weighted by atomic mass is 9.90. The van der Waals surface area contributed by atoms with Crippen molar-refractivity contribution in [1.29, 1.82) is 0 Å². The Morgan fingerprint density at radius 1 is 1.32 bits per heavy atom. The Morgan fingerprint density at radius 3 is 2.58 bits per heavy atom. The highest BCUT2D eigenvalue weighted by atomic mass is 19.3. The Hall–Kier alpha value is -1.16. The highest BCUT2D eigenvalue weighted by Crippen LogP contribution is 2.41. The molecule has 0 aromatic heterocycles. The van der Waals surface area contributed by atoms with Crippen LogP contribution in [0, 0.1) is 6.92 Å². The van der Waals surface area contributed by atoms with Crippen LogP contribution in [0.3, 0.4) is 0 Å². The molecule has 0 aliphatic carbocycles. The summed E-state index contributed by atoms with van der Waals surface area (Å²) in [6.45, 7) is 3.80. The number of piperidine rings is 1. The van der Waals surface area contributed by atoms with Gasteiger partial charge in [0.2, 0.25) is 0 Å². The first-order chi connectivity index (χ1) is 8.95. The van der Waals surface area contributed by atoms with Crippen molar-refractivity contribution in [3.8, 4) is 5.75 Å². The van der Waals surface area contributed by atoms with Crippen LogP contribution in [0.2, 0.25) is 0 Å². The van der Waals surface area contributed by atoms with E-state index in [9.17, 15) is 8.78 Å². The summed E-state index contributed by atoms with van der Waals surface area (Å²) in [6.07, 6.45) is 3.23. The first kappa shape index (κ1) is 14.3. The van der Waals surface area contributed by atoms with Gasteiger partial charge in [-0.2, -0.15) is 0 Å². The number of ether oxygens (including phenoxy) is 1. The van der Waals surface area contributed by atoms with Crippen LogP contribution in [0.25, 0.3) is 0 Å². The molecule has 1 fully saturated rings. The van der Waals surface area contributed by atoms with Gasteiger partial charge in [-0.1, -0.05) is 12.5 Å². The van der Waals surface area contributed by atoms with E-state index in [1.807, 2.05) is 6.92 Å². The standard InChI is InChI=1S/C15H21F2NO/c1-10-7-8-11(15(2,16)17)14(19-3)13(10)12-6-4-5-9-18-12/h7-8,12,18H,4-6,9H2,1-3H3. The van der Waals surface area contributed by atoms with Gasteiger partial charge < -0.3 is 10.1 Å². The van der Waals surface area contributed by atoms with Crippen LogP contribution >= 0.6 is 0 Å². The molecule has 1 aliphatic rings. The second-order valence-electron chi connectivity index (χ2n) is 5.27. The monoisotopic (exact) mass is 269 g/mol. The lowest BCUT2D eigenvalue weighted by Gasteiger charge is -2.28. The van der Waals surface area contributed by atoms with E-state index in [1.165, 1.54) is 13.2 Å². The van der Waals surface area contributed by atoms with Crippen molar-refractivity contribution < 1.29 is 13.5 Å². The predicted octanol–water partition coefficient (Wildman–Crippen LogP) is 3.93. The molecule has 0 amide bonds. The van der Waals surface area contributed by atoms with Crippen LogP contribution in [0.15, 0.2) is 12.1 Å². The molecule has 1 aromatic carbocycles. The third-order valence-corrected chi connectivity index (χ3v) is 3.75. The van der Waals surface area contributed by atoms with Crippen molar-refractivity contribution in [3.63, 3.8) is 0 Å². The Labute approximate surface area is 113 Å². The number of halogens is 2. The molecule has 1 atom stereocenters. The average molecular weight is 269 g/mol. The van der Waals surface area contributed by atoms with E-state index in [0.29, 0.717) is 5.75 Å². The fourth-order valence-corrected chi connectivity index (χ4v) is 2.79. The minimum absolute atomic E-state index is 0.0250. The first-order valence-corrected chi connectivity index (χ1v) is 6.74. The Kier molecular flexibility index (Phi) is 4.09. The molecule has 19 heavy (non-hydrogen) atoms. The van der Waals surface area contributed by atoms with Crippen molar-refractivity contribution >= 4 is 0 Å². The topological polar surface area (TPSA) is 21.3 Å². The van der Waals surface area contributed by atoms with Gasteiger partial charge in [-0.05, 0) is 37.9 Å². The third kappa shape index (κ3) is 2.89. The van der Waals surface area contributed by atoms with Crippen LogP contribution in [-0.4, -0.2) is 13.7 Å². The molecule has 4 heteroatoms. The minimum atomic E-state index is -2.89. The molecular weight excluding hydrogens is 248 g/mol. The van der Waals surface area contributed by atoms with Gasteiger partial charge >= 0.3 is 0 Å². The van der Waals surface area contributed by atoms with Crippen LogP contribution in [0.5, 0.6) is 5.75 Å². The Bertz CT molecular complexity index is 448. The van der Waals surface area contributed by atoms with Crippen molar-refractivity contribution in [2.75, 3.05) is 13.7 Å². The van der Waals surface area contributed by atoms with Gasteiger partial charge in [0, 0.05) is 18.5 Å². The quantitative estimate of drug-likeness (QED) is 0.897. The molecule has 0 spiro atoms. The van der Waals surface area contributed by atoms with E-state index >= 15 is 0 Å². The maximum Gasteiger partial charge on any atom is 0.274 e. The van der Waals surface area contributed by atoms with Gasteiger partial charge in [0.15, 0.2) is 0 Å². The molecule has 0 radical (unpaired) electrons. The zero-order chi connectivity index (χ0) is 14.0. The number of methoxy groups -OCH3 is 1. The molecule has 0 saturated carbocycles. The molecule has 1 aliphatic heterocycles. The normalized spacial score (nSPS) is 20.4. The zero-order valence-electron chi connectivity index (χ0n) is 11.7. The van der Waals surface area contributed by atoms with E-state index in [4.69, 9.17) is 4.74 Å². The van der Waals surface area contributed by atoms with Crippen LogP contribution in [-0.2, 0) is 5.92 Å². The smallest absolute Gasteiger partial charge is 0.274 e. The van der Waals surface area contributed by atoms with E-state index in [0.717, 1.165) is 43.9 Å². The molecule has 1 N–H and O–H groups in total. The average Bonchev–Trinajstić information content (AvgIpc) is 2.37. The number of hydrogen-bond donors (Lipinski definition) is 1. The van der Waals surface area contributed by atoms with E-state index in [-0.39, 0.29) is 11.6 Å². The summed E-state index contributed by atoms with van der Waals surface area (Å²) in [5, 5.41) is 3.40. The third-order valence-electron chi connectivity index (χ3n) is 3.75. The summed E-state index contributed by atoms with van der Waals surface area (Å²) in [4.78, 5) is 0. The second-order valence-corrected chi connectivity index (χ2v) is 5.27. The SMILES string of the molecule is COc1c(C(C)(F)F)ccc(C)c1C1CCCCN1. The van der Waals surface area contributed by atoms with Gasteiger partial charge in [-0.15, -0.1) is 0 Å². The number of nitrogens with one attached hydrogen (secondary N) is 1. The summed E-state index contributed by atoms with van der Waals surface area (Å²) in [7, 11) is 1.47. The molecule has 106 valence electrons. The van der Waals surface area contributed by atoms with E-state index < -0.39 is 5.92 Å². The molecule has 2 rings (SSSR count). The van der Waals surface area contributed by atoms with Crippen molar-refractivity contribution in [2.45, 2.75) is 45.1 Å². The Balaban J connectivity index is 2.51.